The molecule has 0 saturated carbocycles. The molecular weight excluding hydrogens is 506 g/mol. The molecule has 0 unspecified atom stereocenters. The summed E-state index contributed by atoms with van der Waals surface area (Å²) in [5, 5.41) is 13.7. The third kappa shape index (κ3) is 5.38. The van der Waals surface area contributed by atoms with Crippen LogP contribution < -0.4 is 10.3 Å². The molecule has 10 heteroatoms. The lowest BCUT2D eigenvalue weighted by atomic mass is 10.0. The SMILES string of the molecule is COc1ccc2[nH]c(=O)c([C@@H](c3nnnn3Cc3ccccc3)N(Cc3cccnc3)Cc3ccco3)cc2c1. The van der Waals surface area contributed by atoms with Crippen molar-refractivity contribution in [3.8, 4) is 5.75 Å². The van der Waals surface area contributed by atoms with Gasteiger partial charge in [-0.3, -0.25) is 14.7 Å². The van der Waals surface area contributed by atoms with Crippen molar-refractivity contribution >= 4 is 10.9 Å². The fourth-order valence-electron chi connectivity index (χ4n) is 4.87. The second-order valence-electron chi connectivity index (χ2n) is 9.44. The quantitative estimate of drug-likeness (QED) is 0.276. The van der Waals surface area contributed by atoms with Gasteiger partial charge in [0, 0.05) is 35.4 Å². The largest absolute Gasteiger partial charge is 0.497 e. The fourth-order valence-corrected chi connectivity index (χ4v) is 4.87. The number of hydrogen-bond acceptors (Lipinski definition) is 8. The molecule has 0 fully saturated rings. The Balaban J connectivity index is 1.53. The number of rotatable bonds is 10. The Labute approximate surface area is 229 Å². The minimum absolute atomic E-state index is 0.229. The first-order valence-corrected chi connectivity index (χ1v) is 12.8. The Kier molecular flexibility index (Phi) is 7.14. The first-order chi connectivity index (χ1) is 19.7. The Hall–Kier alpha value is -5.09. The molecule has 0 aliphatic rings. The summed E-state index contributed by atoms with van der Waals surface area (Å²) in [4.78, 5) is 23.2. The highest BCUT2D eigenvalue weighted by atomic mass is 16.5. The predicted octanol–water partition coefficient (Wildman–Crippen LogP) is 4.35. The second-order valence-corrected chi connectivity index (χ2v) is 9.44. The van der Waals surface area contributed by atoms with Crippen LogP contribution in [0.25, 0.3) is 10.9 Å². The highest BCUT2D eigenvalue weighted by Gasteiger charge is 2.31. The van der Waals surface area contributed by atoms with Crippen LogP contribution >= 0.6 is 0 Å². The van der Waals surface area contributed by atoms with E-state index in [0.717, 1.165) is 22.3 Å². The molecule has 40 heavy (non-hydrogen) atoms. The first kappa shape index (κ1) is 25.2. The summed E-state index contributed by atoms with van der Waals surface area (Å²) in [5.41, 5.74) is 2.99. The van der Waals surface area contributed by atoms with Gasteiger partial charge in [0.25, 0.3) is 5.56 Å². The van der Waals surface area contributed by atoms with Gasteiger partial charge in [-0.2, -0.15) is 0 Å². The van der Waals surface area contributed by atoms with Crippen LogP contribution in [0.3, 0.4) is 0 Å². The molecule has 0 aliphatic heterocycles. The van der Waals surface area contributed by atoms with E-state index in [1.807, 2.05) is 85.1 Å². The van der Waals surface area contributed by atoms with E-state index >= 15 is 0 Å². The number of methoxy groups -OCH3 is 1. The summed E-state index contributed by atoms with van der Waals surface area (Å²) in [7, 11) is 1.62. The van der Waals surface area contributed by atoms with Gasteiger partial charge in [-0.15, -0.1) is 5.10 Å². The van der Waals surface area contributed by atoms with Crippen LogP contribution in [0.4, 0.5) is 0 Å². The highest BCUT2D eigenvalue weighted by molar-refractivity contribution is 5.80. The molecule has 6 rings (SSSR count). The van der Waals surface area contributed by atoms with E-state index < -0.39 is 6.04 Å². The maximum absolute atomic E-state index is 13.7. The third-order valence-corrected chi connectivity index (χ3v) is 6.77. The average molecular weight is 534 g/mol. The second kappa shape index (κ2) is 11.3. The summed E-state index contributed by atoms with van der Waals surface area (Å²) in [6.45, 7) is 1.31. The molecule has 200 valence electrons. The van der Waals surface area contributed by atoms with Gasteiger partial charge < -0.3 is 14.1 Å². The zero-order valence-electron chi connectivity index (χ0n) is 21.8. The molecule has 0 radical (unpaired) electrons. The number of hydrogen-bond donors (Lipinski definition) is 1. The summed E-state index contributed by atoms with van der Waals surface area (Å²) in [5.74, 6) is 1.97. The molecule has 4 aromatic heterocycles. The lowest BCUT2D eigenvalue weighted by molar-refractivity contribution is 0.179. The predicted molar refractivity (Wildman–Crippen MR) is 149 cm³/mol. The van der Waals surface area contributed by atoms with Gasteiger partial charge in [0.1, 0.15) is 17.6 Å². The zero-order chi connectivity index (χ0) is 27.3. The molecule has 2 aromatic carbocycles. The first-order valence-electron chi connectivity index (χ1n) is 12.8. The van der Waals surface area contributed by atoms with Crippen LogP contribution in [0, 0.1) is 0 Å². The minimum Gasteiger partial charge on any atom is -0.497 e. The molecule has 1 atom stereocenters. The summed E-state index contributed by atoms with van der Waals surface area (Å²) < 4.78 is 12.9. The number of nitrogens with zero attached hydrogens (tertiary/aromatic N) is 6. The Morgan fingerprint density at radius 2 is 1.88 bits per heavy atom. The van der Waals surface area contributed by atoms with E-state index in [9.17, 15) is 4.79 Å². The molecular formula is C30H27N7O3. The summed E-state index contributed by atoms with van der Waals surface area (Å²) in [6.07, 6.45) is 5.19. The zero-order valence-corrected chi connectivity index (χ0v) is 21.8. The van der Waals surface area contributed by atoms with Crippen molar-refractivity contribution in [2.75, 3.05) is 7.11 Å². The molecule has 10 nitrogen and oxygen atoms in total. The topological polar surface area (TPSA) is 115 Å². The van der Waals surface area contributed by atoms with E-state index in [4.69, 9.17) is 9.15 Å². The fraction of sp³-hybridized carbons (Fsp3) is 0.167. The Morgan fingerprint density at radius 3 is 2.65 bits per heavy atom. The van der Waals surface area contributed by atoms with Gasteiger partial charge in [-0.25, -0.2) is 4.68 Å². The number of ether oxygens (including phenoxy) is 1. The van der Waals surface area contributed by atoms with Gasteiger partial charge in [-0.05, 0) is 64.0 Å². The number of tetrazole rings is 1. The number of aromatic amines is 1. The number of aromatic nitrogens is 6. The Bertz CT molecular complexity index is 1750. The maximum Gasteiger partial charge on any atom is 0.253 e. The van der Waals surface area contributed by atoms with Crippen molar-refractivity contribution in [2.24, 2.45) is 0 Å². The van der Waals surface area contributed by atoms with Gasteiger partial charge in [0.2, 0.25) is 0 Å². The smallest absolute Gasteiger partial charge is 0.253 e. The normalized spacial score (nSPS) is 12.2. The highest BCUT2D eigenvalue weighted by Crippen LogP contribution is 2.31. The summed E-state index contributed by atoms with van der Waals surface area (Å²) >= 11 is 0. The van der Waals surface area contributed by atoms with Crippen molar-refractivity contribution < 1.29 is 9.15 Å². The van der Waals surface area contributed by atoms with Crippen LogP contribution in [-0.2, 0) is 19.6 Å². The van der Waals surface area contributed by atoms with Gasteiger partial charge >= 0.3 is 0 Å². The van der Waals surface area contributed by atoms with Crippen LogP contribution in [-0.4, -0.2) is 42.2 Å². The van der Waals surface area contributed by atoms with Crippen LogP contribution in [0.5, 0.6) is 5.75 Å². The van der Waals surface area contributed by atoms with Crippen LogP contribution in [0.2, 0.25) is 0 Å². The minimum atomic E-state index is -0.622. The van der Waals surface area contributed by atoms with E-state index in [0.29, 0.717) is 42.3 Å². The van der Waals surface area contributed by atoms with E-state index in [1.165, 1.54) is 0 Å². The van der Waals surface area contributed by atoms with Crippen LogP contribution in [0.15, 0.2) is 107 Å². The Morgan fingerprint density at radius 1 is 1.00 bits per heavy atom. The average Bonchev–Trinajstić information content (AvgIpc) is 3.67. The molecule has 0 amide bonds. The van der Waals surface area contributed by atoms with Crippen molar-refractivity contribution in [2.45, 2.75) is 25.7 Å². The molecule has 0 bridgehead atoms. The standard InChI is InChI=1S/C30H27N7O3/c1-39-24-11-12-27-23(15-24)16-26(30(38)32-27)28(29-33-34-35-37(29)19-21-7-3-2-4-8-21)36(20-25-10-6-14-40-25)18-22-9-5-13-31-17-22/h2-17,28H,18-20H2,1H3,(H,32,38)/t28-/m0/s1. The number of nitrogens with one attached hydrogen (secondary N) is 1. The summed E-state index contributed by atoms with van der Waals surface area (Å²) in [6, 6.07) is 24.4. The third-order valence-electron chi connectivity index (χ3n) is 6.77. The molecule has 0 spiro atoms. The van der Waals surface area contributed by atoms with Gasteiger partial charge in [0.05, 0.1) is 26.5 Å². The molecule has 6 aromatic rings. The number of pyridine rings is 2. The maximum atomic E-state index is 13.7. The molecule has 0 aliphatic carbocycles. The number of benzene rings is 2. The number of H-pyrrole nitrogens is 1. The van der Waals surface area contributed by atoms with Gasteiger partial charge in [-0.1, -0.05) is 36.4 Å². The van der Waals surface area contributed by atoms with Gasteiger partial charge in [0.15, 0.2) is 5.82 Å². The molecule has 0 saturated heterocycles. The van der Waals surface area contributed by atoms with E-state index in [-0.39, 0.29) is 5.56 Å². The monoisotopic (exact) mass is 533 g/mol. The lowest BCUT2D eigenvalue weighted by Gasteiger charge is -2.30. The van der Waals surface area contributed by atoms with Crippen molar-refractivity contribution in [3.05, 3.63) is 136 Å². The molecule has 4 heterocycles. The number of furan rings is 1. The van der Waals surface area contributed by atoms with Crippen molar-refractivity contribution in [1.29, 1.82) is 0 Å². The van der Waals surface area contributed by atoms with Crippen molar-refractivity contribution in [3.63, 3.8) is 0 Å². The van der Waals surface area contributed by atoms with Crippen molar-refractivity contribution in [1.82, 2.24) is 35.1 Å². The lowest BCUT2D eigenvalue weighted by Crippen LogP contribution is -2.35. The van der Waals surface area contributed by atoms with Crippen LogP contribution in [0.1, 0.15) is 34.3 Å². The van der Waals surface area contributed by atoms with E-state index in [1.54, 1.807) is 24.3 Å². The molecule has 1 N–H and O–H groups in total. The number of fused-ring (bicyclic) bond motifs is 1. The van der Waals surface area contributed by atoms with E-state index in [2.05, 4.69) is 30.4 Å².